The number of aryl methyl sites for hydroxylation is 2. The normalized spacial score (nSPS) is 11.1. The Morgan fingerprint density at radius 2 is 1.22 bits per heavy atom. The number of rotatable bonds is 8. The molecular weight excluding hydrogens is 390 g/mol. The lowest BCUT2D eigenvalue weighted by Gasteiger charge is -2.26. The number of nitrogens with zero attached hydrogens (tertiary/aromatic N) is 3. The largest absolute Gasteiger partial charge is 0.363 e. The van der Waals surface area contributed by atoms with Gasteiger partial charge in [-0.2, -0.15) is 10.2 Å². The first-order chi connectivity index (χ1) is 15.7. The zero-order valence-corrected chi connectivity index (χ0v) is 18.8. The van der Waals surface area contributed by atoms with Crippen LogP contribution in [0, 0.1) is 13.8 Å². The standard InChI is InChI=1S/C29H29N3/c1-23-11-9-10-16-29(23)31-30-20-27-17-18-28(19-24(27)2)32(21-25-12-5-3-6-13-25)22-26-14-7-4-8-15-26/h3-19H,20-22H2,1-2H3. The zero-order valence-electron chi connectivity index (χ0n) is 18.8. The summed E-state index contributed by atoms with van der Waals surface area (Å²) >= 11 is 0. The molecule has 0 saturated heterocycles. The van der Waals surface area contributed by atoms with E-state index in [9.17, 15) is 0 Å². The SMILES string of the molecule is Cc1cc(N(Cc2ccccc2)Cc2ccccc2)ccc1CN=Nc1ccccc1C. The second-order valence-electron chi connectivity index (χ2n) is 8.12. The summed E-state index contributed by atoms with van der Waals surface area (Å²) in [5, 5.41) is 8.88. The second kappa shape index (κ2) is 10.5. The van der Waals surface area contributed by atoms with Gasteiger partial charge in [-0.25, -0.2) is 0 Å². The molecule has 0 aliphatic carbocycles. The van der Waals surface area contributed by atoms with Crippen molar-refractivity contribution in [2.24, 2.45) is 10.2 Å². The predicted octanol–water partition coefficient (Wildman–Crippen LogP) is 7.79. The van der Waals surface area contributed by atoms with Gasteiger partial charge in [0.2, 0.25) is 0 Å². The number of hydrogen-bond acceptors (Lipinski definition) is 3. The Bertz CT molecular complexity index is 1130. The van der Waals surface area contributed by atoms with E-state index in [-0.39, 0.29) is 0 Å². The van der Waals surface area contributed by atoms with Crippen LogP contribution in [0.5, 0.6) is 0 Å². The average molecular weight is 420 g/mol. The molecule has 0 N–H and O–H groups in total. The Labute approximate surface area is 191 Å². The van der Waals surface area contributed by atoms with Crippen molar-refractivity contribution in [1.82, 2.24) is 0 Å². The summed E-state index contributed by atoms with van der Waals surface area (Å²) in [6.07, 6.45) is 0. The molecule has 4 aromatic rings. The number of anilines is 1. The van der Waals surface area contributed by atoms with Crippen LogP contribution in [-0.4, -0.2) is 0 Å². The minimum absolute atomic E-state index is 0.581. The Morgan fingerprint density at radius 3 is 1.81 bits per heavy atom. The first-order valence-corrected chi connectivity index (χ1v) is 11.0. The molecule has 32 heavy (non-hydrogen) atoms. The third kappa shape index (κ3) is 5.70. The van der Waals surface area contributed by atoms with Crippen LogP contribution in [0.2, 0.25) is 0 Å². The Morgan fingerprint density at radius 1 is 0.625 bits per heavy atom. The van der Waals surface area contributed by atoms with Gasteiger partial charge in [-0.3, -0.25) is 0 Å². The Kier molecular flexibility index (Phi) is 7.08. The minimum Gasteiger partial charge on any atom is -0.363 e. The van der Waals surface area contributed by atoms with Crippen LogP contribution >= 0.6 is 0 Å². The summed E-state index contributed by atoms with van der Waals surface area (Å²) in [6.45, 7) is 6.52. The summed E-state index contributed by atoms with van der Waals surface area (Å²) in [7, 11) is 0. The monoisotopic (exact) mass is 419 g/mol. The third-order valence-electron chi connectivity index (χ3n) is 5.66. The fourth-order valence-corrected chi connectivity index (χ4v) is 3.76. The van der Waals surface area contributed by atoms with Crippen LogP contribution < -0.4 is 4.90 Å². The average Bonchev–Trinajstić information content (AvgIpc) is 2.82. The number of azo groups is 1. The lowest BCUT2D eigenvalue weighted by Crippen LogP contribution is -2.22. The number of benzene rings is 4. The van der Waals surface area contributed by atoms with Crippen molar-refractivity contribution in [3.63, 3.8) is 0 Å². The van der Waals surface area contributed by atoms with Gasteiger partial charge in [0.15, 0.2) is 0 Å². The maximum Gasteiger partial charge on any atom is 0.0881 e. The van der Waals surface area contributed by atoms with Gasteiger partial charge in [0, 0.05) is 18.8 Å². The van der Waals surface area contributed by atoms with Gasteiger partial charge in [-0.15, -0.1) is 0 Å². The molecule has 0 aliphatic rings. The topological polar surface area (TPSA) is 28.0 Å². The van der Waals surface area contributed by atoms with E-state index >= 15 is 0 Å². The van der Waals surface area contributed by atoms with Crippen LogP contribution in [0.15, 0.2) is 113 Å². The molecule has 0 aromatic heterocycles. The van der Waals surface area contributed by atoms with Gasteiger partial charge in [0.05, 0.1) is 12.2 Å². The Balaban J connectivity index is 1.53. The molecular formula is C29H29N3. The van der Waals surface area contributed by atoms with Crippen molar-refractivity contribution in [1.29, 1.82) is 0 Å². The molecule has 3 heteroatoms. The minimum atomic E-state index is 0.581. The maximum absolute atomic E-state index is 4.45. The highest BCUT2D eigenvalue weighted by atomic mass is 15.1. The molecule has 0 spiro atoms. The van der Waals surface area contributed by atoms with Gasteiger partial charge < -0.3 is 4.90 Å². The molecule has 0 atom stereocenters. The van der Waals surface area contributed by atoms with E-state index in [0.717, 1.165) is 24.3 Å². The third-order valence-corrected chi connectivity index (χ3v) is 5.66. The van der Waals surface area contributed by atoms with E-state index in [0.29, 0.717) is 6.54 Å². The summed E-state index contributed by atoms with van der Waals surface area (Å²) in [5.41, 5.74) is 8.33. The molecule has 0 fully saturated rings. The molecule has 0 unspecified atom stereocenters. The first kappa shape index (κ1) is 21.5. The lowest BCUT2D eigenvalue weighted by molar-refractivity contribution is 0.798. The van der Waals surface area contributed by atoms with Crippen molar-refractivity contribution >= 4 is 11.4 Å². The van der Waals surface area contributed by atoms with Crippen molar-refractivity contribution in [2.75, 3.05) is 4.90 Å². The molecule has 0 heterocycles. The van der Waals surface area contributed by atoms with E-state index in [2.05, 4.69) is 114 Å². The zero-order chi connectivity index (χ0) is 22.2. The highest BCUT2D eigenvalue weighted by Gasteiger charge is 2.10. The summed E-state index contributed by atoms with van der Waals surface area (Å²) < 4.78 is 0. The predicted molar refractivity (Wildman–Crippen MR) is 133 cm³/mol. The number of hydrogen-bond donors (Lipinski definition) is 0. The summed E-state index contributed by atoms with van der Waals surface area (Å²) in [6, 6.07) is 36.0. The first-order valence-electron chi connectivity index (χ1n) is 11.0. The molecule has 4 aromatic carbocycles. The fraction of sp³-hybridized carbons (Fsp3) is 0.172. The lowest BCUT2D eigenvalue weighted by atomic mass is 10.1. The quantitative estimate of drug-likeness (QED) is 0.268. The smallest absolute Gasteiger partial charge is 0.0881 e. The fourth-order valence-electron chi connectivity index (χ4n) is 3.76. The molecule has 160 valence electrons. The van der Waals surface area contributed by atoms with E-state index in [4.69, 9.17) is 0 Å². The van der Waals surface area contributed by atoms with Crippen LogP contribution in [0.1, 0.15) is 27.8 Å². The van der Waals surface area contributed by atoms with E-state index in [1.165, 1.54) is 27.9 Å². The van der Waals surface area contributed by atoms with E-state index in [1.807, 2.05) is 18.2 Å². The highest BCUT2D eigenvalue weighted by Crippen LogP contribution is 2.25. The van der Waals surface area contributed by atoms with E-state index < -0.39 is 0 Å². The van der Waals surface area contributed by atoms with Gasteiger partial charge in [0.25, 0.3) is 0 Å². The van der Waals surface area contributed by atoms with Crippen LogP contribution in [0.3, 0.4) is 0 Å². The molecule has 0 amide bonds. The van der Waals surface area contributed by atoms with Crippen molar-refractivity contribution in [2.45, 2.75) is 33.5 Å². The molecule has 0 saturated carbocycles. The molecule has 3 nitrogen and oxygen atoms in total. The van der Waals surface area contributed by atoms with Gasteiger partial charge in [0.1, 0.15) is 0 Å². The van der Waals surface area contributed by atoms with Gasteiger partial charge >= 0.3 is 0 Å². The molecule has 0 radical (unpaired) electrons. The van der Waals surface area contributed by atoms with Crippen molar-refractivity contribution < 1.29 is 0 Å². The summed E-state index contributed by atoms with van der Waals surface area (Å²) in [5.74, 6) is 0. The maximum atomic E-state index is 4.45. The summed E-state index contributed by atoms with van der Waals surface area (Å²) in [4.78, 5) is 2.43. The van der Waals surface area contributed by atoms with Crippen molar-refractivity contribution in [3.8, 4) is 0 Å². The van der Waals surface area contributed by atoms with Gasteiger partial charge in [-0.05, 0) is 59.9 Å². The molecule has 0 bridgehead atoms. The molecule has 0 aliphatic heterocycles. The Hall–Kier alpha value is -3.72. The second-order valence-corrected chi connectivity index (χ2v) is 8.12. The van der Waals surface area contributed by atoms with Crippen LogP contribution in [-0.2, 0) is 19.6 Å². The van der Waals surface area contributed by atoms with Crippen LogP contribution in [0.25, 0.3) is 0 Å². The van der Waals surface area contributed by atoms with Gasteiger partial charge in [-0.1, -0.05) is 84.9 Å². The van der Waals surface area contributed by atoms with Crippen LogP contribution in [0.4, 0.5) is 11.4 Å². The molecule has 4 rings (SSSR count). The van der Waals surface area contributed by atoms with E-state index in [1.54, 1.807) is 0 Å². The highest BCUT2D eigenvalue weighted by molar-refractivity contribution is 5.52. The van der Waals surface area contributed by atoms with Crippen molar-refractivity contribution in [3.05, 3.63) is 131 Å².